The number of ether oxygens (including phenoxy) is 1. The third kappa shape index (κ3) is 4.34. The van der Waals surface area contributed by atoms with Crippen molar-refractivity contribution in [2.75, 3.05) is 26.2 Å². The SMILES string of the molecule is C=C(C)CN(CC)C(=O)NC[C@H]1CCO[C@@H]1c1ccccc1. The zero-order chi connectivity index (χ0) is 15.9. The molecule has 1 N–H and O–H groups in total. The molecule has 0 aliphatic carbocycles. The van der Waals surface area contributed by atoms with Crippen LogP contribution in [0.25, 0.3) is 0 Å². The van der Waals surface area contributed by atoms with Gasteiger partial charge in [0, 0.05) is 32.2 Å². The summed E-state index contributed by atoms with van der Waals surface area (Å²) in [7, 11) is 0. The van der Waals surface area contributed by atoms with E-state index in [4.69, 9.17) is 4.74 Å². The van der Waals surface area contributed by atoms with Crippen LogP contribution < -0.4 is 5.32 Å². The maximum Gasteiger partial charge on any atom is 0.317 e. The predicted octanol–water partition coefficient (Wildman–Crippen LogP) is 3.37. The monoisotopic (exact) mass is 302 g/mol. The molecule has 4 nitrogen and oxygen atoms in total. The highest BCUT2D eigenvalue weighted by atomic mass is 16.5. The van der Waals surface area contributed by atoms with Crippen LogP contribution in [0.2, 0.25) is 0 Å². The van der Waals surface area contributed by atoms with E-state index >= 15 is 0 Å². The zero-order valence-electron chi connectivity index (χ0n) is 13.5. The lowest BCUT2D eigenvalue weighted by Gasteiger charge is -2.24. The first-order valence-corrected chi connectivity index (χ1v) is 7.95. The van der Waals surface area contributed by atoms with Crippen LogP contribution in [-0.2, 0) is 4.74 Å². The first-order valence-electron chi connectivity index (χ1n) is 7.95. The summed E-state index contributed by atoms with van der Waals surface area (Å²) in [5.41, 5.74) is 2.18. The molecule has 1 aliphatic heterocycles. The molecule has 1 aromatic rings. The van der Waals surface area contributed by atoms with Gasteiger partial charge in [-0.3, -0.25) is 0 Å². The Bertz CT molecular complexity index is 501. The lowest BCUT2D eigenvalue weighted by atomic mass is 9.95. The average molecular weight is 302 g/mol. The topological polar surface area (TPSA) is 41.6 Å². The second-order valence-corrected chi connectivity index (χ2v) is 5.91. The van der Waals surface area contributed by atoms with Gasteiger partial charge in [-0.2, -0.15) is 0 Å². The summed E-state index contributed by atoms with van der Waals surface area (Å²) in [4.78, 5) is 14.0. The summed E-state index contributed by atoms with van der Waals surface area (Å²) in [5, 5.41) is 3.05. The quantitative estimate of drug-likeness (QED) is 0.819. The lowest BCUT2D eigenvalue weighted by molar-refractivity contribution is 0.0905. The minimum atomic E-state index is -0.0239. The molecule has 120 valence electrons. The van der Waals surface area contributed by atoms with Gasteiger partial charge in [-0.15, -0.1) is 0 Å². The van der Waals surface area contributed by atoms with Crippen molar-refractivity contribution >= 4 is 6.03 Å². The van der Waals surface area contributed by atoms with E-state index < -0.39 is 0 Å². The molecule has 1 saturated heterocycles. The Morgan fingerprint density at radius 2 is 2.14 bits per heavy atom. The van der Waals surface area contributed by atoms with Crippen LogP contribution in [0.15, 0.2) is 42.5 Å². The van der Waals surface area contributed by atoms with E-state index in [9.17, 15) is 4.79 Å². The van der Waals surface area contributed by atoms with Gasteiger partial charge >= 0.3 is 6.03 Å². The molecule has 1 fully saturated rings. The molecule has 2 rings (SSSR count). The van der Waals surface area contributed by atoms with Crippen LogP contribution in [0.5, 0.6) is 0 Å². The van der Waals surface area contributed by atoms with Crippen LogP contribution in [0.1, 0.15) is 31.9 Å². The molecule has 2 atom stereocenters. The number of likely N-dealkylation sites (N-methyl/N-ethyl adjacent to an activating group) is 1. The van der Waals surface area contributed by atoms with Crippen LogP contribution >= 0.6 is 0 Å². The summed E-state index contributed by atoms with van der Waals surface area (Å²) >= 11 is 0. The van der Waals surface area contributed by atoms with E-state index in [1.165, 1.54) is 5.56 Å². The smallest absolute Gasteiger partial charge is 0.317 e. The minimum absolute atomic E-state index is 0.0239. The fraction of sp³-hybridized carbons (Fsp3) is 0.500. The summed E-state index contributed by atoms with van der Waals surface area (Å²) in [5.74, 6) is 0.329. The van der Waals surface area contributed by atoms with Gasteiger partial charge in [-0.1, -0.05) is 42.5 Å². The molecule has 0 aromatic heterocycles. The van der Waals surface area contributed by atoms with Crippen LogP contribution in [0, 0.1) is 5.92 Å². The highest BCUT2D eigenvalue weighted by Crippen LogP contribution is 2.33. The van der Waals surface area contributed by atoms with Crippen LogP contribution in [-0.4, -0.2) is 37.2 Å². The number of carbonyl (C=O) groups is 1. The molecular formula is C18H26N2O2. The Labute approximate surface area is 133 Å². The van der Waals surface area contributed by atoms with E-state index in [-0.39, 0.29) is 12.1 Å². The zero-order valence-corrected chi connectivity index (χ0v) is 13.5. The van der Waals surface area contributed by atoms with Gasteiger partial charge in [0.1, 0.15) is 0 Å². The standard InChI is InChI=1S/C18H26N2O2/c1-4-20(13-14(2)3)18(21)19-12-16-10-11-22-17(16)15-8-6-5-7-9-15/h5-9,16-17H,2,4,10-13H2,1,3H3,(H,19,21)/t16-,17-/m1/s1. The second kappa shape index (κ2) is 7.99. The van der Waals surface area contributed by atoms with E-state index in [0.29, 0.717) is 25.6 Å². The largest absolute Gasteiger partial charge is 0.373 e. The van der Waals surface area contributed by atoms with Gasteiger partial charge in [-0.05, 0) is 25.8 Å². The summed E-state index contributed by atoms with van der Waals surface area (Å²) in [6.45, 7) is 10.5. The molecule has 4 heteroatoms. The number of nitrogens with one attached hydrogen (secondary N) is 1. The summed E-state index contributed by atoms with van der Waals surface area (Å²) < 4.78 is 5.86. The van der Waals surface area contributed by atoms with Crippen molar-refractivity contribution in [2.24, 2.45) is 5.92 Å². The fourth-order valence-electron chi connectivity index (χ4n) is 2.84. The fourth-order valence-corrected chi connectivity index (χ4v) is 2.84. The van der Waals surface area contributed by atoms with Crippen molar-refractivity contribution in [3.63, 3.8) is 0 Å². The molecule has 0 saturated carbocycles. The first kappa shape index (κ1) is 16.6. The normalized spacial score (nSPS) is 20.6. The number of hydrogen-bond acceptors (Lipinski definition) is 2. The third-order valence-corrected chi connectivity index (χ3v) is 3.99. The van der Waals surface area contributed by atoms with Crippen molar-refractivity contribution in [2.45, 2.75) is 26.4 Å². The molecule has 2 amide bonds. The van der Waals surface area contributed by atoms with E-state index in [2.05, 4.69) is 24.0 Å². The van der Waals surface area contributed by atoms with Crippen molar-refractivity contribution in [3.8, 4) is 0 Å². The number of nitrogens with zero attached hydrogens (tertiary/aromatic N) is 1. The maximum atomic E-state index is 12.2. The number of carbonyl (C=O) groups excluding carboxylic acids is 1. The van der Waals surface area contributed by atoms with Crippen LogP contribution in [0.3, 0.4) is 0 Å². The Balaban J connectivity index is 1.90. The molecule has 0 radical (unpaired) electrons. The van der Waals surface area contributed by atoms with Crippen molar-refractivity contribution < 1.29 is 9.53 Å². The van der Waals surface area contributed by atoms with Crippen LogP contribution in [0.4, 0.5) is 4.79 Å². The minimum Gasteiger partial charge on any atom is -0.373 e. The molecule has 1 aromatic carbocycles. The third-order valence-electron chi connectivity index (χ3n) is 3.99. The number of hydrogen-bond donors (Lipinski definition) is 1. The molecular weight excluding hydrogens is 276 g/mol. The second-order valence-electron chi connectivity index (χ2n) is 5.91. The van der Waals surface area contributed by atoms with Gasteiger partial charge in [0.15, 0.2) is 0 Å². The Hall–Kier alpha value is -1.81. The van der Waals surface area contributed by atoms with Gasteiger partial charge in [0.05, 0.1) is 6.10 Å². The number of benzene rings is 1. The lowest BCUT2D eigenvalue weighted by Crippen LogP contribution is -2.42. The predicted molar refractivity (Wildman–Crippen MR) is 88.7 cm³/mol. The number of urea groups is 1. The Kier molecular flexibility index (Phi) is 6.01. The molecule has 1 aliphatic rings. The van der Waals surface area contributed by atoms with Crippen molar-refractivity contribution in [1.29, 1.82) is 0 Å². The number of rotatable bonds is 6. The van der Waals surface area contributed by atoms with Crippen molar-refractivity contribution in [3.05, 3.63) is 48.0 Å². The van der Waals surface area contributed by atoms with E-state index in [0.717, 1.165) is 18.6 Å². The van der Waals surface area contributed by atoms with E-state index in [1.54, 1.807) is 4.90 Å². The van der Waals surface area contributed by atoms with Gasteiger partial charge in [0.25, 0.3) is 0 Å². The first-order chi connectivity index (χ1) is 10.6. The van der Waals surface area contributed by atoms with Gasteiger partial charge < -0.3 is 15.0 Å². The molecule has 22 heavy (non-hydrogen) atoms. The highest BCUT2D eigenvalue weighted by molar-refractivity contribution is 5.74. The average Bonchev–Trinajstić information content (AvgIpc) is 2.99. The highest BCUT2D eigenvalue weighted by Gasteiger charge is 2.30. The molecule has 1 heterocycles. The number of amides is 2. The van der Waals surface area contributed by atoms with Gasteiger partial charge in [0.2, 0.25) is 0 Å². The summed E-state index contributed by atoms with van der Waals surface area (Å²) in [6.07, 6.45) is 1.06. The molecule has 0 bridgehead atoms. The maximum absolute atomic E-state index is 12.2. The molecule has 0 unspecified atom stereocenters. The Morgan fingerprint density at radius 3 is 2.77 bits per heavy atom. The Morgan fingerprint density at radius 1 is 1.41 bits per heavy atom. The van der Waals surface area contributed by atoms with E-state index in [1.807, 2.05) is 32.0 Å². The summed E-state index contributed by atoms with van der Waals surface area (Å²) in [6, 6.07) is 10.2. The van der Waals surface area contributed by atoms with Gasteiger partial charge in [-0.25, -0.2) is 4.79 Å². The molecule has 0 spiro atoms. The van der Waals surface area contributed by atoms with Crippen molar-refractivity contribution in [1.82, 2.24) is 10.2 Å².